The van der Waals surface area contributed by atoms with Crippen LogP contribution in [0.4, 0.5) is 0 Å². The zero-order valence-electron chi connectivity index (χ0n) is 12.1. The van der Waals surface area contributed by atoms with Crippen LogP contribution in [0, 0.1) is 5.92 Å². The molecule has 2 N–H and O–H groups in total. The average Bonchev–Trinajstić information content (AvgIpc) is 3.06. The molecule has 0 bridgehead atoms. The Bertz CT molecular complexity index is 523. The molecule has 2 heterocycles. The first-order chi connectivity index (χ1) is 10.2. The predicted octanol–water partition coefficient (Wildman–Crippen LogP) is 0.953. The highest BCUT2D eigenvalue weighted by Crippen LogP contribution is 2.22. The summed E-state index contributed by atoms with van der Waals surface area (Å²) in [5.74, 6) is 0.290. The highest BCUT2D eigenvalue weighted by atomic mass is 16.2. The van der Waals surface area contributed by atoms with Gasteiger partial charge in [-0.25, -0.2) is 0 Å². The van der Waals surface area contributed by atoms with E-state index in [0.717, 1.165) is 39.0 Å². The average molecular weight is 287 g/mol. The number of benzene rings is 1. The number of carbonyl (C=O) groups excluding carboxylic acids is 2. The van der Waals surface area contributed by atoms with Crippen LogP contribution >= 0.6 is 0 Å². The standard InChI is InChI=1S/C16H21N3O2/c17-10-12-6-9-18(11-12)7-3-8-19-15(20)13-4-1-2-5-14(13)16(19)21/h1-2,4-5,12H,3,6-11,17H2. The number of amides is 2. The number of fused-ring (bicyclic) bond motifs is 1. The Morgan fingerprint density at radius 2 is 1.76 bits per heavy atom. The van der Waals surface area contributed by atoms with Gasteiger partial charge in [0, 0.05) is 13.1 Å². The van der Waals surface area contributed by atoms with Crippen LogP contribution in [0.3, 0.4) is 0 Å². The molecule has 1 aromatic rings. The summed E-state index contributed by atoms with van der Waals surface area (Å²) in [6.07, 6.45) is 1.98. The van der Waals surface area contributed by atoms with Gasteiger partial charge in [-0.2, -0.15) is 0 Å². The lowest BCUT2D eigenvalue weighted by atomic mass is 10.1. The Morgan fingerprint density at radius 3 is 2.33 bits per heavy atom. The second-order valence-electron chi connectivity index (χ2n) is 5.85. The van der Waals surface area contributed by atoms with Gasteiger partial charge in [0.05, 0.1) is 11.1 Å². The molecule has 5 heteroatoms. The number of nitrogens with zero attached hydrogens (tertiary/aromatic N) is 2. The van der Waals surface area contributed by atoms with Crippen LogP contribution in [0.1, 0.15) is 33.6 Å². The minimum Gasteiger partial charge on any atom is -0.330 e. The molecule has 21 heavy (non-hydrogen) atoms. The molecule has 2 aliphatic heterocycles. The molecule has 0 aliphatic carbocycles. The smallest absolute Gasteiger partial charge is 0.261 e. The molecule has 2 aliphatic rings. The third-order valence-electron chi connectivity index (χ3n) is 4.44. The Hall–Kier alpha value is -1.72. The van der Waals surface area contributed by atoms with Crippen molar-refractivity contribution in [3.05, 3.63) is 35.4 Å². The molecule has 0 saturated carbocycles. The normalized spacial score (nSPS) is 22.1. The number of likely N-dealkylation sites (tertiary alicyclic amines) is 1. The lowest BCUT2D eigenvalue weighted by Gasteiger charge is -2.18. The predicted molar refractivity (Wildman–Crippen MR) is 80.0 cm³/mol. The van der Waals surface area contributed by atoms with Crippen molar-refractivity contribution >= 4 is 11.8 Å². The number of nitrogens with two attached hydrogens (primary N) is 1. The lowest BCUT2D eigenvalue weighted by Crippen LogP contribution is -2.33. The van der Waals surface area contributed by atoms with Crippen LogP contribution in [-0.4, -0.2) is 54.3 Å². The van der Waals surface area contributed by atoms with Crippen LogP contribution in [0.2, 0.25) is 0 Å². The van der Waals surface area contributed by atoms with Gasteiger partial charge < -0.3 is 10.6 Å². The molecule has 0 radical (unpaired) electrons. The van der Waals surface area contributed by atoms with Crippen LogP contribution in [0.5, 0.6) is 0 Å². The Labute approximate surface area is 124 Å². The fourth-order valence-corrected chi connectivity index (χ4v) is 3.20. The van der Waals surface area contributed by atoms with Gasteiger partial charge >= 0.3 is 0 Å². The minimum absolute atomic E-state index is 0.156. The van der Waals surface area contributed by atoms with Gasteiger partial charge in [0.15, 0.2) is 0 Å². The molecular formula is C16H21N3O2. The molecule has 1 fully saturated rings. The second kappa shape index (κ2) is 5.95. The zero-order chi connectivity index (χ0) is 14.8. The van der Waals surface area contributed by atoms with E-state index in [1.807, 2.05) is 0 Å². The van der Waals surface area contributed by atoms with E-state index in [0.29, 0.717) is 23.6 Å². The van der Waals surface area contributed by atoms with E-state index in [1.165, 1.54) is 4.90 Å². The Kier molecular flexibility index (Phi) is 4.03. The molecule has 5 nitrogen and oxygen atoms in total. The van der Waals surface area contributed by atoms with Crippen molar-refractivity contribution in [1.29, 1.82) is 0 Å². The summed E-state index contributed by atoms with van der Waals surface area (Å²) in [7, 11) is 0. The summed E-state index contributed by atoms with van der Waals surface area (Å²) in [6.45, 7) is 4.28. The third kappa shape index (κ3) is 2.71. The maximum absolute atomic E-state index is 12.2. The molecule has 0 spiro atoms. The van der Waals surface area contributed by atoms with Gasteiger partial charge in [-0.3, -0.25) is 14.5 Å². The van der Waals surface area contributed by atoms with E-state index in [1.54, 1.807) is 24.3 Å². The fourth-order valence-electron chi connectivity index (χ4n) is 3.20. The maximum Gasteiger partial charge on any atom is 0.261 e. The summed E-state index contributed by atoms with van der Waals surface area (Å²) >= 11 is 0. The zero-order valence-corrected chi connectivity index (χ0v) is 12.1. The Morgan fingerprint density at radius 1 is 1.10 bits per heavy atom. The first-order valence-electron chi connectivity index (χ1n) is 7.58. The van der Waals surface area contributed by atoms with Crippen molar-refractivity contribution < 1.29 is 9.59 Å². The molecular weight excluding hydrogens is 266 g/mol. The third-order valence-corrected chi connectivity index (χ3v) is 4.44. The highest BCUT2D eigenvalue weighted by Gasteiger charge is 2.34. The van der Waals surface area contributed by atoms with Crippen molar-refractivity contribution in [2.75, 3.05) is 32.7 Å². The number of hydrogen-bond acceptors (Lipinski definition) is 4. The quantitative estimate of drug-likeness (QED) is 0.819. The van der Waals surface area contributed by atoms with E-state index in [-0.39, 0.29) is 11.8 Å². The van der Waals surface area contributed by atoms with E-state index in [9.17, 15) is 9.59 Å². The van der Waals surface area contributed by atoms with Crippen LogP contribution in [-0.2, 0) is 0 Å². The van der Waals surface area contributed by atoms with E-state index < -0.39 is 0 Å². The number of hydrogen-bond donors (Lipinski definition) is 1. The molecule has 1 aromatic carbocycles. The molecule has 1 atom stereocenters. The van der Waals surface area contributed by atoms with E-state index in [4.69, 9.17) is 5.73 Å². The van der Waals surface area contributed by atoms with Gasteiger partial charge in [0.2, 0.25) is 0 Å². The summed E-state index contributed by atoms with van der Waals surface area (Å²) in [4.78, 5) is 28.2. The minimum atomic E-state index is -0.156. The molecule has 0 aromatic heterocycles. The summed E-state index contributed by atoms with van der Waals surface area (Å²) in [5.41, 5.74) is 6.75. The van der Waals surface area contributed by atoms with Gasteiger partial charge in [0.1, 0.15) is 0 Å². The number of rotatable bonds is 5. The van der Waals surface area contributed by atoms with Crippen molar-refractivity contribution in [1.82, 2.24) is 9.80 Å². The molecule has 112 valence electrons. The van der Waals surface area contributed by atoms with Crippen molar-refractivity contribution in [2.45, 2.75) is 12.8 Å². The number of carbonyl (C=O) groups is 2. The fraction of sp³-hybridized carbons (Fsp3) is 0.500. The summed E-state index contributed by atoms with van der Waals surface area (Å²) in [5, 5.41) is 0. The largest absolute Gasteiger partial charge is 0.330 e. The topological polar surface area (TPSA) is 66.6 Å². The van der Waals surface area contributed by atoms with Crippen LogP contribution < -0.4 is 5.73 Å². The first kappa shape index (κ1) is 14.2. The van der Waals surface area contributed by atoms with Gasteiger partial charge in [-0.05, 0) is 50.5 Å². The van der Waals surface area contributed by atoms with E-state index >= 15 is 0 Å². The van der Waals surface area contributed by atoms with Crippen LogP contribution in [0.15, 0.2) is 24.3 Å². The monoisotopic (exact) mass is 287 g/mol. The van der Waals surface area contributed by atoms with E-state index in [2.05, 4.69) is 4.90 Å². The highest BCUT2D eigenvalue weighted by molar-refractivity contribution is 6.21. The van der Waals surface area contributed by atoms with Gasteiger partial charge in [-0.15, -0.1) is 0 Å². The number of imide groups is 1. The van der Waals surface area contributed by atoms with Gasteiger partial charge in [0.25, 0.3) is 11.8 Å². The second-order valence-corrected chi connectivity index (χ2v) is 5.85. The SMILES string of the molecule is NCC1CCN(CCCN2C(=O)c3ccccc3C2=O)C1. The van der Waals surface area contributed by atoms with Crippen molar-refractivity contribution in [2.24, 2.45) is 11.7 Å². The lowest BCUT2D eigenvalue weighted by molar-refractivity contribution is 0.0648. The van der Waals surface area contributed by atoms with Gasteiger partial charge in [-0.1, -0.05) is 12.1 Å². The van der Waals surface area contributed by atoms with Crippen molar-refractivity contribution in [3.63, 3.8) is 0 Å². The molecule has 2 amide bonds. The maximum atomic E-state index is 12.2. The van der Waals surface area contributed by atoms with Crippen molar-refractivity contribution in [3.8, 4) is 0 Å². The molecule has 3 rings (SSSR count). The summed E-state index contributed by atoms with van der Waals surface area (Å²) in [6, 6.07) is 7.04. The Balaban J connectivity index is 1.53. The summed E-state index contributed by atoms with van der Waals surface area (Å²) < 4.78 is 0. The first-order valence-corrected chi connectivity index (χ1v) is 7.58. The molecule has 1 unspecified atom stereocenters. The van der Waals surface area contributed by atoms with Crippen LogP contribution in [0.25, 0.3) is 0 Å². The molecule has 1 saturated heterocycles.